The molecule has 0 bridgehead atoms. The number of aliphatic hydroxyl groups is 1. The zero-order chi connectivity index (χ0) is 12.9. The number of hydrogen-bond acceptors (Lipinski definition) is 2. The second-order valence-electron chi connectivity index (χ2n) is 4.40. The van der Waals surface area contributed by atoms with Gasteiger partial charge >= 0.3 is 6.18 Å². The van der Waals surface area contributed by atoms with Crippen LogP contribution in [0, 0.1) is 5.92 Å². The summed E-state index contributed by atoms with van der Waals surface area (Å²) in [4.78, 5) is 12.9. The Morgan fingerprint density at radius 1 is 1.35 bits per heavy atom. The molecular weight excluding hydrogens is 235 g/mol. The van der Waals surface area contributed by atoms with Crippen LogP contribution in [0.25, 0.3) is 0 Å². The molecule has 1 fully saturated rings. The first-order chi connectivity index (χ1) is 7.95. The van der Waals surface area contributed by atoms with Crippen molar-refractivity contribution in [2.45, 2.75) is 38.3 Å². The molecule has 0 radical (unpaired) electrons. The van der Waals surface area contributed by atoms with Gasteiger partial charge < -0.3 is 10.0 Å². The van der Waals surface area contributed by atoms with E-state index in [2.05, 4.69) is 0 Å². The minimum Gasteiger partial charge on any atom is -0.396 e. The van der Waals surface area contributed by atoms with Gasteiger partial charge in [-0.15, -0.1) is 0 Å². The first-order valence-corrected chi connectivity index (χ1v) is 5.90. The van der Waals surface area contributed by atoms with Crippen LogP contribution in [0.3, 0.4) is 0 Å². The first kappa shape index (κ1) is 14.3. The molecule has 0 saturated carbocycles. The number of aliphatic hydroxyl groups excluding tert-OH is 1. The van der Waals surface area contributed by atoms with E-state index in [0.717, 1.165) is 0 Å². The molecule has 1 aliphatic heterocycles. The lowest BCUT2D eigenvalue weighted by Gasteiger charge is -2.33. The zero-order valence-corrected chi connectivity index (χ0v) is 9.67. The van der Waals surface area contributed by atoms with Crippen molar-refractivity contribution in [2.24, 2.45) is 5.92 Å². The summed E-state index contributed by atoms with van der Waals surface area (Å²) in [5.74, 6) is -1.61. The number of nitrogens with zero attached hydrogens (tertiary/aromatic N) is 1. The normalized spacial score (nSPS) is 21.6. The summed E-state index contributed by atoms with van der Waals surface area (Å²) in [5.41, 5.74) is 0. The molecular formula is C11H18F3NO2. The van der Waals surface area contributed by atoms with Gasteiger partial charge in [-0.1, -0.05) is 0 Å². The number of hydrogen-bond donors (Lipinski definition) is 1. The van der Waals surface area contributed by atoms with Crippen molar-refractivity contribution in [3.05, 3.63) is 0 Å². The van der Waals surface area contributed by atoms with Crippen molar-refractivity contribution in [1.29, 1.82) is 0 Å². The van der Waals surface area contributed by atoms with E-state index in [1.165, 1.54) is 4.90 Å². The predicted molar refractivity (Wildman–Crippen MR) is 56.3 cm³/mol. The molecule has 1 atom stereocenters. The topological polar surface area (TPSA) is 40.5 Å². The fourth-order valence-electron chi connectivity index (χ4n) is 2.02. The monoisotopic (exact) mass is 253 g/mol. The average Bonchev–Trinajstić information content (AvgIpc) is 2.28. The SMILES string of the molecule is O=C(CCCCO)N1CCCC(C(F)(F)F)C1. The molecule has 0 aromatic heterocycles. The molecule has 0 aromatic rings. The molecule has 1 heterocycles. The summed E-state index contributed by atoms with van der Waals surface area (Å²) < 4.78 is 37.5. The number of amides is 1. The number of carbonyl (C=O) groups excluding carboxylic acids is 1. The summed E-state index contributed by atoms with van der Waals surface area (Å²) in [6, 6.07) is 0. The first-order valence-electron chi connectivity index (χ1n) is 5.90. The quantitative estimate of drug-likeness (QED) is 0.778. The summed E-state index contributed by atoms with van der Waals surface area (Å²) in [6.45, 7) is 0.227. The van der Waals surface area contributed by atoms with Crippen LogP contribution in [0.4, 0.5) is 13.2 Å². The number of alkyl halides is 3. The van der Waals surface area contributed by atoms with Crippen LogP contribution >= 0.6 is 0 Å². The molecule has 1 amide bonds. The van der Waals surface area contributed by atoms with E-state index in [-0.39, 0.29) is 31.9 Å². The molecule has 1 N–H and O–H groups in total. The molecule has 1 saturated heterocycles. The number of piperidine rings is 1. The molecule has 100 valence electrons. The number of halogens is 3. The Labute approximate surface area is 98.6 Å². The van der Waals surface area contributed by atoms with Gasteiger partial charge in [0, 0.05) is 26.1 Å². The summed E-state index contributed by atoms with van der Waals surface area (Å²) in [6.07, 6.45) is -2.40. The minimum absolute atomic E-state index is 0.0124. The van der Waals surface area contributed by atoms with Crippen molar-refractivity contribution in [3.8, 4) is 0 Å². The highest BCUT2D eigenvalue weighted by Gasteiger charge is 2.42. The van der Waals surface area contributed by atoms with Gasteiger partial charge in [0.05, 0.1) is 5.92 Å². The molecule has 3 nitrogen and oxygen atoms in total. The largest absolute Gasteiger partial charge is 0.396 e. The smallest absolute Gasteiger partial charge is 0.393 e. The Hall–Kier alpha value is -0.780. The summed E-state index contributed by atoms with van der Waals surface area (Å²) in [5, 5.41) is 8.56. The van der Waals surface area contributed by atoms with Crippen LogP contribution < -0.4 is 0 Å². The Morgan fingerprint density at radius 2 is 2.06 bits per heavy atom. The Morgan fingerprint density at radius 3 is 2.65 bits per heavy atom. The number of carbonyl (C=O) groups is 1. The fraction of sp³-hybridized carbons (Fsp3) is 0.909. The van der Waals surface area contributed by atoms with Crippen LogP contribution in [-0.4, -0.2) is 41.8 Å². The molecule has 1 aliphatic rings. The highest BCUT2D eigenvalue weighted by molar-refractivity contribution is 5.76. The van der Waals surface area contributed by atoms with E-state index in [0.29, 0.717) is 25.8 Å². The lowest BCUT2D eigenvalue weighted by atomic mass is 9.97. The second-order valence-corrected chi connectivity index (χ2v) is 4.40. The summed E-state index contributed by atoms with van der Waals surface area (Å²) >= 11 is 0. The van der Waals surface area contributed by atoms with E-state index in [1.54, 1.807) is 0 Å². The third-order valence-corrected chi connectivity index (χ3v) is 3.04. The standard InChI is InChI=1S/C11H18F3NO2/c12-11(13,14)9-4-3-6-15(8-9)10(17)5-1-2-7-16/h9,16H,1-8H2. The average molecular weight is 253 g/mol. The van der Waals surface area contributed by atoms with Crippen molar-refractivity contribution >= 4 is 5.91 Å². The maximum absolute atomic E-state index is 12.5. The third-order valence-electron chi connectivity index (χ3n) is 3.04. The van der Waals surface area contributed by atoms with Crippen LogP contribution in [0.2, 0.25) is 0 Å². The van der Waals surface area contributed by atoms with Crippen LogP contribution in [0.5, 0.6) is 0 Å². The Balaban J connectivity index is 2.41. The van der Waals surface area contributed by atoms with E-state index < -0.39 is 12.1 Å². The Kier molecular flexibility index (Phi) is 5.24. The maximum Gasteiger partial charge on any atom is 0.393 e. The fourth-order valence-corrected chi connectivity index (χ4v) is 2.02. The zero-order valence-electron chi connectivity index (χ0n) is 9.67. The van der Waals surface area contributed by atoms with E-state index in [1.807, 2.05) is 0 Å². The van der Waals surface area contributed by atoms with Gasteiger partial charge in [0.15, 0.2) is 0 Å². The van der Waals surface area contributed by atoms with Crippen LogP contribution in [0.15, 0.2) is 0 Å². The predicted octanol–water partition coefficient (Wildman–Crippen LogP) is 1.95. The number of rotatable bonds is 4. The van der Waals surface area contributed by atoms with E-state index in [9.17, 15) is 18.0 Å². The molecule has 0 aromatic carbocycles. The van der Waals surface area contributed by atoms with E-state index >= 15 is 0 Å². The van der Waals surface area contributed by atoms with Gasteiger partial charge in [0.1, 0.15) is 0 Å². The molecule has 6 heteroatoms. The van der Waals surface area contributed by atoms with E-state index in [4.69, 9.17) is 5.11 Å². The van der Waals surface area contributed by atoms with Crippen molar-refractivity contribution in [2.75, 3.05) is 19.7 Å². The minimum atomic E-state index is -4.20. The highest BCUT2D eigenvalue weighted by Crippen LogP contribution is 2.33. The van der Waals surface area contributed by atoms with Crippen molar-refractivity contribution in [1.82, 2.24) is 4.90 Å². The van der Waals surface area contributed by atoms with Gasteiger partial charge in [-0.3, -0.25) is 4.79 Å². The van der Waals surface area contributed by atoms with Gasteiger partial charge in [0.2, 0.25) is 5.91 Å². The van der Waals surface area contributed by atoms with Crippen molar-refractivity contribution in [3.63, 3.8) is 0 Å². The van der Waals surface area contributed by atoms with Gasteiger partial charge in [-0.05, 0) is 25.7 Å². The molecule has 1 unspecified atom stereocenters. The molecule has 0 aliphatic carbocycles. The molecule has 17 heavy (non-hydrogen) atoms. The summed E-state index contributed by atoms with van der Waals surface area (Å²) in [7, 11) is 0. The highest BCUT2D eigenvalue weighted by atomic mass is 19.4. The maximum atomic E-state index is 12.5. The Bertz CT molecular complexity index is 256. The molecule has 0 spiro atoms. The second kappa shape index (κ2) is 6.23. The third kappa shape index (κ3) is 4.53. The van der Waals surface area contributed by atoms with Gasteiger partial charge in [-0.25, -0.2) is 0 Å². The van der Waals surface area contributed by atoms with Crippen LogP contribution in [-0.2, 0) is 4.79 Å². The van der Waals surface area contributed by atoms with Crippen molar-refractivity contribution < 1.29 is 23.1 Å². The van der Waals surface area contributed by atoms with Gasteiger partial charge in [0.25, 0.3) is 0 Å². The number of likely N-dealkylation sites (tertiary alicyclic amines) is 1. The van der Waals surface area contributed by atoms with Gasteiger partial charge in [-0.2, -0.15) is 13.2 Å². The van der Waals surface area contributed by atoms with Crippen LogP contribution in [0.1, 0.15) is 32.1 Å². The lowest BCUT2D eigenvalue weighted by molar-refractivity contribution is -0.188. The molecule has 1 rings (SSSR count). The number of unbranched alkanes of at least 4 members (excludes halogenated alkanes) is 1. The lowest BCUT2D eigenvalue weighted by Crippen LogP contribution is -2.44.